The van der Waals surface area contributed by atoms with Crippen molar-refractivity contribution in [3.63, 3.8) is 0 Å². The smallest absolute Gasteiger partial charge is 0.0112 e. The normalized spacial score (nSPS) is 32.6. The maximum Gasteiger partial charge on any atom is -0.0112 e. The van der Waals surface area contributed by atoms with Gasteiger partial charge in [0.05, 0.1) is 0 Å². The number of allylic oxidation sites excluding steroid dienone is 2. The molecule has 0 amide bonds. The highest BCUT2D eigenvalue weighted by molar-refractivity contribution is 5.15. The predicted molar refractivity (Wildman–Crippen MR) is 82.6 cm³/mol. The van der Waals surface area contributed by atoms with Gasteiger partial charge in [0.2, 0.25) is 0 Å². The molecule has 0 N–H and O–H groups in total. The fraction of sp³-hybridized carbons (Fsp3) is 0.889. The van der Waals surface area contributed by atoms with Crippen LogP contribution >= 0.6 is 0 Å². The van der Waals surface area contributed by atoms with Crippen molar-refractivity contribution in [2.24, 2.45) is 34.0 Å². The van der Waals surface area contributed by atoms with Gasteiger partial charge in [0.15, 0.2) is 0 Å². The lowest BCUT2D eigenvalue weighted by Gasteiger charge is -2.43. The second-order valence-corrected chi connectivity index (χ2v) is 8.86. The summed E-state index contributed by atoms with van der Waals surface area (Å²) in [4.78, 5) is 0. The lowest BCUT2D eigenvalue weighted by Crippen LogP contribution is -2.36. The first-order valence-corrected chi connectivity index (χ1v) is 7.57. The van der Waals surface area contributed by atoms with Gasteiger partial charge in [0.1, 0.15) is 0 Å². The van der Waals surface area contributed by atoms with Crippen LogP contribution in [0.3, 0.4) is 0 Å². The summed E-state index contributed by atoms with van der Waals surface area (Å²) in [5, 5.41) is 0. The first-order chi connectivity index (χ1) is 7.93. The molecule has 4 unspecified atom stereocenters. The van der Waals surface area contributed by atoms with E-state index in [0.717, 1.165) is 17.8 Å². The van der Waals surface area contributed by atoms with Gasteiger partial charge in [-0.15, -0.1) is 0 Å². The third-order valence-corrected chi connectivity index (χ3v) is 5.23. The quantitative estimate of drug-likeness (QED) is 0.544. The van der Waals surface area contributed by atoms with Crippen molar-refractivity contribution in [3.8, 4) is 0 Å². The molecule has 0 aromatic carbocycles. The minimum atomic E-state index is 0.400. The summed E-state index contributed by atoms with van der Waals surface area (Å²) in [6.45, 7) is 21.5. The van der Waals surface area contributed by atoms with E-state index in [1.807, 2.05) is 0 Å². The monoisotopic (exact) mass is 250 g/mol. The lowest BCUT2D eigenvalue weighted by molar-refractivity contribution is 0.0589. The first kappa shape index (κ1) is 15.8. The fourth-order valence-corrected chi connectivity index (χ4v) is 3.77. The molecular formula is C18H34. The number of hydrogen-bond acceptors (Lipinski definition) is 0. The van der Waals surface area contributed by atoms with Crippen LogP contribution in [-0.2, 0) is 0 Å². The molecule has 0 aromatic heterocycles. The van der Waals surface area contributed by atoms with Crippen molar-refractivity contribution >= 4 is 0 Å². The van der Waals surface area contributed by atoms with Crippen molar-refractivity contribution in [3.05, 3.63) is 12.2 Å². The Morgan fingerprint density at radius 1 is 1.06 bits per heavy atom. The van der Waals surface area contributed by atoms with Crippen molar-refractivity contribution in [1.82, 2.24) is 0 Å². The van der Waals surface area contributed by atoms with Crippen LogP contribution in [0.15, 0.2) is 12.2 Å². The second-order valence-electron chi connectivity index (χ2n) is 8.86. The summed E-state index contributed by atoms with van der Waals surface area (Å²) in [5.41, 5.74) is 1.26. The van der Waals surface area contributed by atoms with Gasteiger partial charge in [0.25, 0.3) is 0 Å². The molecule has 0 heteroatoms. The number of rotatable bonds is 3. The van der Waals surface area contributed by atoms with E-state index in [4.69, 9.17) is 0 Å². The van der Waals surface area contributed by atoms with E-state index in [1.54, 1.807) is 0 Å². The zero-order valence-corrected chi connectivity index (χ0v) is 14.1. The van der Waals surface area contributed by atoms with Crippen molar-refractivity contribution in [1.29, 1.82) is 0 Å². The first-order valence-electron chi connectivity index (χ1n) is 7.57. The highest BCUT2D eigenvalue weighted by Crippen LogP contribution is 2.64. The van der Waals surface area contributed by atoms with E-state index < -0.39 is 0 Å². The Labute approximate surface area is 115 Å². The lowest BCUT2D eigenvalue weighted by atomic mass is 9.62. The molecule has 0 nitrogen and oxygen atoms in total. The van der Waals surface area contributed by atoms with Crippen molar-refractivity contribution in [2.75, 3.05) is 0 Å². The Morgan fingerprint density at radius 2 is 1.56 bits per heavy atom. The molecule has 0 heterocycles. The summed E-state index contributed by atoms with van der Waals surface area (Å²) < 4.78 is 0. The Bertz CT molecular complexity index is 310. The highest BCUT2D eigenvalue weighted by Gasteiger charge is 2.56. The van der Waals surface area contributed by atoms with Gasteiger partial charge in [0, 0.05) is 0 Å². The topological polar surface area (TPSA) is 0 Å². The van der Waals surface area contributed by atoms with E-state index in [-0.39, 0.29) is 0 Å². The molecule has 1 rings (SSSR count). The van der Waals surface area contributed by atoms with Crippen LogP contribution in [0.2, 0.25) is 0 Å². The average Bonchev–Trinajstić information content (AvgIpc) is 2.73. The molecule has 18 heavy (non-hydrogen) atoms. The van der Waals surface area contributed by atoms with Gasteiger partial charge in [-0.25, -0.2) is 0 Å². The molecule has 0 aliphatic heterocycles. The van der Waals surface area contributed by atoms with Gasteiger partial charge in [-0.1, -0.05) is 67.5 Å². The SMILES string of the molecule is CC=CC1(C)CC1C(C(C)C(C)(C)C)C(C)(C)C. The molecule has 1 saturated carbocycles. The van der Waals surface area contributed by atoms with Gasteiger partial charge >= 0.3 is 0 Å². The molecule has 0 spiro atoms. The average molecular weight is 250 g/mol. The van der Waals surface area contributed by atoms with E-state index in [2.05, 4.69) is 74.5 Å². The van der Waals surface area contributed by atoms with Crippen LogP contribution in [0.4, 0.5) is 0 Å². The van der Waals surface area contributed by atoms with Crippen molar-refractivity contribution in [2.45, 2.75) is 68.7 Å². The Hall–Kier alpha value is -0.260. The van der Waals surface area contributed by atoms with E-state index in [0.29, 0.717) is 16.2 Å². The third-order valence-electron chi connectivity index (χ3n) is 5.23. The summed E-state index contributed by atoms with van der Waals surface area (Å²) in [5.74, 6) is 2.43. The zero-order chi connectivity index (χ0) is 14.4. The van der Waals surface area contributed by atoms with Gasteiger partial charge in [-0.05, 0) is 47.3 Å². The fourth-order valence-electron chi connectivity index (χ4n) is 3.77. The molecule has 0 saturated heterocycles. The Balaban J connectivity index is 2.97. The molecule has 1 fully saturated rings. The zero-order valence-electron chi connectivity index (χ0n) is 14.1. The predicted octanol–water partition coefficient (Wildman–Crippen LogP) is 5.93. The Kier molecular flexibility index (Phi) is 4.11. The van der Waals surface area contributed by atoms with E-state index >= 15 is 0 Å². The van der Waals surface area contributed by atoms with Gasteiger partial charge in [-0.3, -0.25) is 0 Å². The molecule has 1 aliphatic carbocycles. The number of hydrogen-bond donors (Lipinski definition) is 0. The van der Waals surface area contributed by atoms with Crippen LogP contribution in [0.25, 0.3) is 0 Å². The second kappa shape index (κ2) is 4.69. The third kappa shape index (κ3) is 3.19. The molecule has 106 valence electrons. The van der Waals surface area contributed by atoms with Gasteiger partial charge in [-0.2, -0.15) is 0 Å². The molecule has 0 bridgehead atoms. The Morgan fingerprint density at radius 3 is 1.89 bits per heavy atom. The molecule has 0 radical (unpaired) electrons. The van der Waals surface area contributed by atoms with Crippen molar-refractivity contribution < 1.29 is 0 Å². The molecule has 4 atom stereocenters. The van der Waals surface area contributed by atoms with Crippen LogP contribution in [0.1, 0.15) is 68.7 Å². The van der Waals surface area contributed by atoms with Crippen LogP contribution in [0, 0.1) is 34.0 Å². The highest BCUT2D eigenvalue weighted by atomic mass is 14.6. The summed E-state index contributed by atoms with van der Waals surface area (Å²) in [7, 11) is 0. The molecular weight excluding hydrogens is 216 g/mol. The van der Waals surface area contributed by atoms with Crippen LogP contribution < -0.4 is 0 Å². The summed E-state index contributed by atoms with van der Waals surface area (Å²) >= 11 is 0. The maximum atomic E-state index is 2.46. The maximum absolute atomic E-state index is 2.46. The van der Waals surface area contributed by atoms with E-state index in [9.17, 15) is 0 Å². The van der Waals surface area contributed by atoms with Crippen LogP contribution in [-0.4, -0.2) is 0 Å². The standard InChI is InChI=1S/C18H34/c1-10-11-18(9)12-14(18)15(17(6,7)8)13(2)16(3,4)5/h10-11,13-15H,12H2,1-9H3. The van der Waals surface area contributed by atoms with Crippen LogP contribution in [0.5, 0.6) is 0 Å². The minimum Gasteiger partial charge on any atom is -0.0911 e. The largest absolute Gasteiger partial charge is 0.0911 e. The van der Waals surface area contributed by atoms with Gasteiger partial charge < -0.3 is 0 Å². The molecule has 1 aliphatic rings. The minimum absolute atomic E-state index is 0.400. The summed E-state index contributed by atoms with van der Waals surface area (Å²) in [6.07, 6.45) is 6.05. The molecule has 0 aromatic rings. The van der Waals surface area contributed by atoms with E-state index in [1.165, 1.54) is 6.42 Å². The summed E-state index contributed by atoms with van der Waals surface area (Å²) in [6, 6.07) is 0.